The SMILES string of the molecule is OC(C1=CCCCCC1)C1C2CC3CC(C2)CC1C3. The van der Waals surface area contributed by atoms with Crippen LogP contribution in [0.4, 0.5) is 0 Å². The average molecular weight is 260 g/mol. The third kappa shape index (κ3) is 2.18. The fourth-order valence-electron chi connectivity index (χ4n) is 6.04. The Morgan fingerprint density at radius 2 is 1.58 bits per heavy atom. The van der Waals surface area contributed by atoms with E-state index in [0.717, 1.165) is 23.7 Å². The molecule has 4 bridgehead atoms. The monoisotopic (exact) mass is 260 g/mol. The second kappa shape index (κ2) is 4.91. The van der Waals surface area contributed by atoms with Crippen molar-refractivity contribution in [3.63, 3.8) is 0 Å². The summed E-state index contributed by atoms with van der Waals surface area (Å²) in [6.07, 6.45) is 15.9. The van der Waals surface area contributed by atoms with Gasteiger partial charge in [0, 0.05) is 0 Å². The molecule has 1 atom stereocenters. The lowest BCUT2D eigenvalue weighted by Crippen LogP contribution is -2.49. The number of aliphatic hydroxyl groups is 1. The molecular weight excluding hydrogens is 232 g/mol. The van der Waals surface area contributed by atoms with Crippen molar-refractivity contribution in [3.05, 3.63) is 11.6 Å². The van der Waals surface area contributed by atoms with Gasteiger partial charge in [-0.25, -0.2) is 0 Å². The van der Waals surface area contributed by atoms with Crippen molar-refractivity contribution in [2.45, 2.75) is 70.3 Å². The molecule has 1 unspecified atom stereocenters. The Hall–Kier alpha value is -0.300. The number of aliphatic hydroxyl groups excluding tert-OH is 1. The first-order valence-electron chi connectivity index (χ1n) is 8.68. The Kier molecular flexibility index (Phi) is 3.22. The minimum absolute atomic E-state index is 0.0897. The van der Waals surface area contributed by atoms with Gasteiger partial charge in [0.1, 0.15) is 0 Å². The summed E-state index contributed by atoms with van der Waals surface area (Å²) in [4.78, 5) is 0. The summed E-state index contributed by atoms with van der Waals surface area (Å²) < 4.78 is 0. The highest BCUT2D eigenvalue weighted by Gasteiger charge is 2.50. The molecule has 5 rings (SSSR count). The second-order valence-corrected chi connectivity index (χ2v) is 7.83. The Morgan fingerprint density at radius 3 is 2.26 bits per heavy atom. The van der Waals surface area contributed by atoms with E-state index in [4.69, 9.17) is 0 Å². The van der Waals surface area contributed by atoms with Crippen molar-refractivity contribution in [2.24, 2.45) is 29.6 Å². The molecule has 1 nitrogen and oxygen atoms in total. The average Bonchev–Trinajstić information content (AvgIpc) is 2.66. The van der Waals surface area contributed by atoms with Crippen LogP contribution in [-0.4, -0.2) is 11.2 Å². The van der Waals surface area contributed by atoms with E-state index in [2.05, 4.69) is 6.08 Å². The molecule has 5 aliphatic carbocycles. The molecule has 0 aliphatic heterocycles. The highest BCUT2D eigenvalue weighted by Crippen LogP contribution is 2.58. The lowest BCUT2D eigenvalue weighted by Gasteiger charge is -2.56. The fraction of sp³-hybridized carbons (Fsp3) is 0.889. The van der Waals surface area contributed by atoms with E-state index in [1.807, 2.05) is 0 Å². The van der Waals surface area contributed by atoms with E-state index < -0.39 is 0 Å². The zero-order valence-electron chi connectivity index (χ0n) is 12.1. The first-order valence-corrected chi connectivity index (χ1v) is 8.68. The maximum Gasteiger partial charge on any atom is 0.0783 e. The third-order valence-electron chi connectivity index (χ3n) is 6.62. The van der Waals surface area contributed by atoms with Crippen LogP contribution in [0.2, 0.25) is 0 Å². The van der Waals surface area contributed by atoms with Crippen LogP contribution in [0.1, 0.15) is 64.2 Å². The van der Waals surface area contributed by atoms with Gasteiger partial charge in [-0.1, -0.05) is 12.5 Å². The summed E-state index contributed by atoms with van der Waals surface area (Å²) in [5.41, 5.74) is 1.41. The Balaban J connectivity index is 1.53. The standard InChI is InChI=1S/C18H28O/c19-18(14-5-3-1-2-4-6-14)17-15-8-12-7-13(10-15)11-16(17)9-12/h5,12-13,15-19H,1-4,6-11H2. The Labute approximate surface area is 117 Å². The van der Waals surface area contributed by atoms with Crippen LogP contribution in [0.3, 0.4) is 0 Å². The molecule has 5 aliphatic rings. The molecule has 0 heterocycles. The van der Waals surface area contributed by atoms with E-state index in [-0.39, 0.29) is 6.10 Å². The molecule has 4 saturated carbocycles. The summed E-state index contributed by atoms with van der Waals surface area (Å²) in [7, 11) is 0. The van der Waals surface area contributed by atoms with E-state index in [1.165, 1.54) is 69.8 Å². The molecule has 19 heavy (non-hydrogen) atoms. The van der Waals surface area contributed by atoms with Gasteiger partial charge in [0.25, 0.3) is 0 Å². The van der Waals surface area contributed by atoms with Crippen LogP contribution < -0.4 is 0 Å². The number of allylic oxidation sites excluding steroid dienone is 1. The summed E-state index contributed by atoms with van der Waals surface area (Å²) in [5.74, 6) is 4.38. The van der Waals surface area contributed by atoms with Crippen LogP contribution >= 0.6 is 0 Å². The minimum atomic E-state index is -0.0897. The smallest absolute Gasteiger partial charge is 0.0783 e. The maximum atomic E-state index is 11.0. The van der Waals surface area contributed by atoms with E-state index in [1.54, 1.807) is 0 Å². The van der Waals surface area contributed by atoms with Crippen LogP contribution in [-0.2, 0) is 0 Å². The molecule has 1 heteroatoms. The Bertz CT molecular complexity index is 342. The van der Waals surface area contributed by atoms with Gasteiger partial charge in [-0.15, -0.1) is 0 Å². The fourth-order valence-corrected chi connectivity index (χ4v) is 6.04. The second-order valence-electron chi connectivity index (χ2n) is 7.83. The van der Waals surface area contributed by atoms with Gasteiger partial charge in [0.15, 0.2) is 0 Å². The zero-order valence-corrected chi connectivity index (χ0v) is 12.1. The summed E-state index contributed by atoms with van der Waals surface area (Å²) in [6.45, 7) is 0. The summed E-state index contributed by atoms with van der Waals surface area (Å²) in [5, 5.41) is 11.0. The zero-order chi connectivity index (χ0) is 12.8. The summed E-state index contributed by atoms with van der Waals surface area (Å²) >= 11 is 0. The Morgan fingerprint density at radius 1 is 0.895 bits per heavy atom. The highest BCUT2D eigenvalue weighted by molar-refractivity contribution is 5.14. The van der Waals surface area contributed by atoms with Crippen molar-refractivity contribution in [3.8, 4) is 0 Å². The molecule has 0 aromatic rings. The quantitative estimate of drug-likeness (QED) is 0.734. The number of hydrogen-bond acceptors (Lipinski definition) is 1. The topological polar surface area (TPSA) is 20.2 Å². The largest absolute Gasteiger partial charge is 0.388 e. The van der Waals surface area contributed by atoms with Gasteiger partial charge >= 0.3 is 0 Å². The highest BCUT2D eigenvalue weighted by atomic mass is 16.3. The predicted molar refractivity (Wildman–Crippen MR) is 77.7 cm³/mol. The first kappa shape index (κ1) is 12.4. The van der Waals surface area contributed by atoms with Gasteiger partial charge in [-0.3, -0.25) is 0 Å². The minimum Gasteiger partial charge on any atom is -0.388 e. The van der Waals surface area contributed by atoms with Gasteiger partial charge < -0.3 is 5.11 Å². The molecule has 0 amide bonds. The predicted octanol–water partition coefficient (Wildman–Crippen LogP) is 4.31. The van der Waals surface area contributed by atoms with Crippen LogP contribution in [0.5, 0.6) is 0 Å². The van der Waals surface area contributed by atoms with E-state index in [0.29, 0.717) is 5.92 Å². The van der Waals surface area contributed by atoms with Crippen LogP contribution in [0, 0.1) is 29.6 Å². The molecule has 0 aromatic carbocycles. The molecule has 106 valence electrons. The van der Waals surface area contributed by atoms with Crippen molar-refractivity contribution < 1.29 is 5.11 Å². The number of rotatable bonds is 2. The van der Waals surface area contributed by atoms with Gasteiger partial charge in [-0.2, -0.15) is 0 Å². The molecular formula is C18H28O. The van der Waals surface area contributed by atoms with Gasteiger partial charge in [0.2, 0.25) is 0 Å². The van der Waals surface area contributed by atoms with Crippen molar-refractivity contribution in [1.29, 1.82) is 0 Å². The molecule has 4 fully saturated rings. The molecule has 0 aromatic heterocycles. The molecule has 0 radical (unpaired) electrons. The molecule has 0 spiro atoms. The van der Waals surface area contributed by atoms with Crippen molar-refractivity contribution in [2.75, 3.05) is 0 Å². The molecule has 0 saturated heterocycles. The first-order chi connectivity index (χ1) is 9.31. The molecule has 1 N–H and O–H groups in total. The summed E-state index contributed by atoms with van der Waals surface area (Å²) in [6, 6.07) is 0. The van der Waals surface area contributed by atoms with Crippen molar-refractivity contribution in [1.82, 2.24) is 0 Å². The van der Waals surface area contributed by atoms with Crippen LogP contribution in [0.15, 0.2) is 11.6 Å². The maximum absolute atomic E-state index is 11.0. The lowest BCUT2D eigenvalue weighted by molar-refractivity contribution is -0.0797. The normalized spacial score (nSPS) is 46.8. The van der Waals surface area contributed by atoms with Crippen molar-refractivity contribution >= 4 is 0 Å². The van der Waals surface area contributed by atoms with E-state index >= 15 is 0 Å². The third-order valence-corrected chi connectivity index (χ3v) is 6.62. The van der Waals surface area contributed by atoms with Gasteiger partial charge in [0.05, 0.1) is 6.10 Å². The van der Waals surface area contributed by atoms with Crippen LogP contribution in [0.25, 0.3) is 0 Å². The lowest BCUT2D eigenvalue weighted by atomic mass is 9.50. The van der Waals surface area contributed by atoms with Gasteiger partial charge in [-0.05, 0) is 93.0 Å². The number of hydrogen-bond donors (Lipinski definition) is 1. The van der Waals surface area contributed by atoms with E-state index in [9.17, 15) is 5.11 Å².